The van der Waals surface area contributed by atoms with Crippen LogP contribution in [0.1, 0.15) is 5.56 Å². The van der Waals surface area contributed by atoms with Crippen LogP contribution in [-0.2, 0) is 0 Å². The lowest BCUT2D eigenvalue weighted by atomic mass is 10.2. The first kappa shape index (κ1) is 15.1. The molecule has 0 aliphatic carbocycles. The molecule has 0 saturated carbocycles. The van der Waals surface area contributed by atoms with E-state index in [9.17, 15) is 4.79 Å². The highest BCUT2D eigenvalue weighted by Gasteiger charge is 2.20. The zero-order valence-electron chi connectivity index (χ0n) is 11.7. The van der Waals surface area contributed by atoms with Crippen LogP contribution in [0.25, 0.3) is 0 Å². The van der Waals surface area contributed by atoms with Gasteiger partial charge in [-0.3, -0.25) is 4.90 Å². The maximum atomic E-state index is 12.2. The number of carbonyl (C=O) groups excluding carboxylic acids is 1. The Bertz CT molecular complexity index is 496. The molecular formula is C15H20BrN3O. The van der Waals surface area contributed by atoms with Gasteiger partial charge in [-0.05, 0) is 30.7 Å². The highest BCUT2D eigenvalue weighted by molar-refractivity contribution is 9.10. The Kier molecular flexibility index (Phi) is 5.20. The number of amides is 2. The number of hydrogen-bond donors (Lipinski definition) is 1. The van der Waals surface area contributed by atoms with Gasteiger partial charge in [0.2, 0.25) is 0 Å². The molecule has 0 aromatic heterocycles. The maximum Gasteiger partial charge on any atom is 0.321 e. The molecule has 1 aliphatic rings. The Labute approximate surface area is 128 Å². The minimum atomic E-state index is -0.0197. The van der Waals surface area contributed by atoms with Gasteiger partial charge in [0.15, 0.2) is 0 Å². The average Bonchev–Trinajstić information content (AvgIpc) is 2.43. The molecule has 108 valence electrons. The van der Waals surface area contributed by atoms with E-state index in [4.69, 9.17) is 0 Å². The first-order chi connectivity index (χ1) is 9.60. The zero-order valence-corrected chi connectivity index (χ0v) is 13.3. The van der Waals surface area contributed by atoms with Gasteiger partial charge in [-0.2, -0.15) is 0 Å². The maximum absolute atomic E-state index is 12.2. The molecule has 0 atom stereocenters. The van der Waals surface area contributed by atoms with E-state index >= 15 is 0 Å². The molecule has 5 heteroatoms. The van der Waals surface area contributed by atoms with Crippen molar-refractivity contribution in [3.05, 3.63) is 40.9 Å². The molecular weight excluding hydrogens is 318 g/mol. The van der Waals surface area contributed by atoms with Gasteiger partial charge in [0.25, 0.3) is 0 Å². The topological polar surface area (TPSA) is 35.6 Å². The highest BCUT2D eigenvalue weighted by Crippen LogP contribution is 2.20. The molecule has 4 nitrogen and oxygen atoms in total. The SMILES string of the molecule is C=CCN1CCN(C(=O)Nc2ccc(Br)cc2C)CC1. The number of urea groups is 1. The van der Waals surface area contributed by atoms with E-state index in [1.165, 1.54) is 0 Å². The number of piperazine rings is 1. The predicted molar refractivity (Wildman–Crippen MR) is 86.1 cm³/mol. The Morgan fingerprint density at radius 3 is 2.70 bits per heavy atom. The third kappa shape index (κ3) is 3.84. The minimum absolute atomic E-state index is 0.0197. The van der Waals surface area contributed by atoms with Crippen LogP contribution < -0.4 is 5.32 Å². The van der Waals surface area contributed by atoms with E-state index < -0.39 is 0 Å². The second kappa shape index (κ2) is 6.90. The molecule has 2 amide bonds. The second-order valence-corrected chi connectivity index (χ2v) is 5.88. The van der Waals surface area contributed by atoms with Gasteiger partial charge >= 0.3 is 6.03 Å². The highest BCUT2D eigenvalue weighted by atomic mass is 79.9. The number of halogens is 1. The van der Waals surface area contributed by atoms with Gasteiger partial charge in [-0.1, -0.05) is 22.0 Å². The Morgan fingerprint density at radius 1 is 1.40 bits per heavy atom. The first-order valence-corrected chi connectivity index (χ1v) is 7.55. The largest absolute Gasteiger partial charge is 0.322 e. The van der Waals surface area contributed by atoms with Gasteiger partial charge in [0, 0.05) is 42.9 Å². The predicted octanol–water partition coefficient (Wildman–Crippen LogP) is 3.09. The van der Waals surface area contributed by atoms with Gasteiger partial charge in [-0.15, -0.1) is 6.58 Å². The van der Waals surface area contributed by atoms with Crippen LogP contribution in [0.5, 0.6) is 0 Å². The van der Waals surface area contributed by atoms with Gasteiger partial charge in [0.05, 0.1) is 0 Å². The molecule has 1 aliphatic heterocycles. The van der Waals surface area contributed by atoms with E-state index in [-0.39, 0.29) is 6.03 Å². The smallest absolute Gasteiger partial charge is 0.321 e. The summed E-state index contributed by atoms with van der Waals surface area (Å²) < 4.78 is 1.02. The second-order valence-electron chi connectivity index (χ2n) is 4.97. The first-order valence-electron chi connectivity index (χ1n) is 6.75. The summed E-state index contributed by atoms with van der Waals surface area (Å²) >= 11 is 3.42. The number of nitrogens with one attached hydrogen (secondary N) is 1. The van der Waals surface area contributed by atoms with Crippen molar-refractivity contribution in [1.82, 2.24) is 9.80 Å². The van der Waals surface area contributed by atoms with Crippen molar-refractivity contribution in [2.24, 2.45) is 0 Å². The summed E-state index contributed by atoms with van der Waals surface area (Å²) in [6.07, 6.45) is 1.90. The lowest BCUT2D eigenvalue weighted by Crippen LogP contribution is -2.49. The van der Waals surface area contributed by atoms with Crippen LogP contribution >= 0.6 is 15.9 Å². The summed E-state index contributed by atoms with van der Waals surface area (Å²) in [5, 5.41) is 2.98. The van der Waals surface area contributed by atoms with Crippen molar-refractivity contribution in [2.75, 3.05) is 38.0 Å². The van der Waals surface area contributed by atoms with Crippen molar-refractivity contribution in [1.29, 1.82) is 0 Å². The van der Waals surface area contributed by atoms with Crippen molar-refractivity contribution in [2.45, 2.75) is 6.92 Å². The number of nitrogens with zero attached hydrogens (tertiary/aromatic N) is 2. The fourth-order valence-electron chi connectivity index (χ4n) is 2.28. The monoisotopic (exact) mass is 337 g/mol. The van der Waals surface area contributed by atoms with Crippen molar-refractivity contribution in [3.63, 3.8) is 0 Å². The van der Waals surface area contributed by atoms with Crippen LogP contribution in [0.4, 0.5) is 10.5 Å². The molecule has 20 heavy (non-hydrogen) atoms. The Morgan fingerprint density at radius 2 is 2.10 bits per heavy atom. The zero-order chi connectivity index (χ0) is 14.5. The van der Waals surface area contributed by atoms with Crippen LogP contribution in [0.15, 0.2) is 35.3 Å². The van der Waals surface area contributed by atoms with Crippen LogP contribution in [-0.4, -0.2) is 48.6 Å². The van der Waals surface area contributed by atoms with E-state index in [2.05, 4.69) is 32.7 Å². The van der Waals surface area contributed by atoms with E-state index in [1.54, 1.807) is 0 Å². The molecule has 1 aromatic carbocycles. The van der Waals surface area contributed by atoms with Crippen molar-refractivity contribution in [3.8, 4) is 0 Å². The third-order valence-electron chi connectivity index (χ3n) is 3.48. The van der Waals surface area contributed by atoms with Crippen molar-refractivity contribution < 1.29 is 4.79 Å². The molecule has 1 saturated heterocycles. The fourth-order valence-corrected chi connectivity index (χ4v) is 2.75. The number of anilines is 1. The summed E-state index contributed by atoms with van der Waals surface area (Å²) in [7, 11) is 0. The molecule has 1 fully saturated rings. The van der Waals surface area contributed by atoms with E-state index in [0.29, 0.717) is 0 Å². The number of hydrogen-bond acceptors (Lipinski definition) is 2. The summed E-state index contributed by atoms with van der Waals surface area (Å²) in [4.78, 5) is 16.4. The van der Waals surface area contributed by atoms with Crippen molar-refractivity contribution >= 4 is 27.6 Å². The quantitative estimate of drug-likeness (QED) is 0.860. The van der Waals surface area contributed by atoms with Crippen LogP contribution in [0.2, 0.25) is 0 Å². The number of rotatable bonds is 3. The third-order valence-corrected chi connectivity index (χ3v) is 3.97. The molecule has 2 rings (SSSR count). The number of benzene rings is 1. The Hall–Kier alpha value is -1.33. The van der Waals surface area contributed by atoms with E-state index in [0.717, 1.165) is 48.4 Å². The summed E-state index contributed by atoms with van der Waals surface area (Å²) in [5.41, 5.74) is 1.92. The molecule has 0 bridgehead atoms. The fraction of sp³-hybridized carbons (Fsp3) is 0.400. The molecule has 0 unspecified atom stereocenters. The van der Waals surface area contributed by atoms with Gasteiger partial charge in [-0.25, -0.2) is 4.79 Å². The normalized spacial score (nSPS) is 16.0. The van der Waals surface area contributed by atoms with E-state index in [1.807, 2.05) is 36.1 Å². The van der Waals surface area contributed by atoms with Crippen LogP contribution in [0, 0.1) is 6.92 Å². The number of carbonyl (C=O) groups is 1. The summed E-state index contributed by atoms with van der Waals surface area (Å²) in [6.45, 7) is 9.94. The lowest BCUT2D eigenvalue weighted by Gasteiger charge is -2.34. The van der Waals surface area contributed by atoms with Crippen LogP contribution in [0.3, 0.4) is 0 Å². The molecule has 1 heterocycles. The molecule has 1 aromatic rings. The minimum Gasteiger partial charge on any atom is -0.322 e. The average molecular weight is 338 g/mol. The summed E-state index contributed by atoms with van der Waals surface area (Å²) in [6, 6.07) is 5.83. The molecule has 1 N–H and O–H groups in total. The van der Waals surface area contributed by atoms with Gasteiger partial charge in [0.1, 0.15) is 0 Å². The lowest BCUT2D eigenvalue weighted by molar-refractivity contribution is 0.156. The standard InChI is InChI=1S/C15H20BrN3O/c1-3-6-18-7-9-19(10-8-18)15(20)17-14-5-4-13(16)11-12(14)2/h3-5,11H,1,6-10H2,2H3,(H,17,20). The molecule has 0 radical (unpaired) electrons. The summed E-state index contributed by atoms with van der Waals surface area (Å²) in [5.74, 6) is 0. The Balaban J connectivity index is 1.91. The number of aryl methyl sites for hydroxylation is 1. The van der Waals surface area contributed by atoms with Gasteiger partial charge < -0.3 is 10.2 Å². The molecule has 0 spiro atoms.